The predicted molar refractivity (Wildman–Crippen MR) is 130 cm³/mol. The van der Waals surface area contributed by atoms with Crippen molar-refractivity contribution < 1.29 is 14.9 Å². The van der Waals surface area contributed by atoms with E-state index in [0.29, 0.717) is 17.5 Å². The standard InChI is InChI=1S/C27H27N3O3/c1-30-15-14-27(29-17-20-9-3-6-12-24(20)32)22(18-30)26(21-10-4-7-13-25(21)33-27)28-16-19-8-2-5-11-23(19)31/h2-13,16-17,22,26,31-32H,14-15,18H2,1H3/b28-16?,29-17+. The van der Waals surface area contributed by atoms with Gasteiger partial charge in [0.1, 0.15) is 17.2 Å². The third-order valence-electron chi connectivity index (χ3n) is 6.51. The molecule has 0 amide bonds. The van der Waals surface area contributed by atoms with Crippen LogP contribution >= 0.6 is 0 Å². The van der Waals surface area contributed by atoms with Crippen LogP contribution in [0.4, 0.5) is 0 Å². The number of hydrogen-bond donors (Lipinski definition) is 2. The number of rotatable bonds is 4. The molecule has 5 rings (SSSR count). The minimum atomic E-state index is -0.802. The van der Waals surface area contributed by atoms with Gasteiger partial charge in [-0.2, -0.15) is 0 Å². The topological polar surface area (TPSA) is 77.7 Å². The second-order valence-corrected chi connectivity index (χ2v) is 8.70. The van der Waals surface area contributed by atoms with Crippen molar-refractivity contribution in [3.8, 4) is 17.2 Å². The average Bonchev–Trinajstić information content (AvgIpc) is 2.83. The molecule has 0 bridgehead atoms. The summed E-state index contributed by atoms with van der Waals surface area (Å²) >= 11 is 0. The van der Waals surface area contributed by atoms with Crippen LogP contribution in [-0.4, -0.2) is 53.4 Å². The summed E-state index contributed by atoms with van der Waals surface area (Å²) in [7, 11) is 2.10. The van der Waals surface area contributed by atoms with Crippen LogP contribution in [0, 0.1) is 5.92 Å². The molecule has 2 aliphatic heterocycles. The first kappa shape index (κ1) is 21.2. The molecule has 0 radical (unpaired) electrons. The molecule has 168 valence electrons. The number of piperidine rings is 1. The molecule has 3 aromatic carbocycles. The first-order valence-corrected chi connectivity index (χ1v) is 11.2. The van der Waals surface area contributed by atoms with Gasteiger partial charge in [-0.25, -0.2) is 4.99 Å². The lowest BCUT2D eigenvalue weighted by Gasteiger charge is -2.49. The number of aliphatic imine (C=N–C) groups is 2. The molecule has 3 unspecified atom stereocenters. The Labute approximate surface area is 193 Å². The van der Waals surface area contributed by atoms with E-state index >= 15 is 0 Å². The molecule has 3 aromatic rings. The summed E-state index contributed by atoms with van der Waals surface area (Å²) in [5.41, 5.74) is 1.54. The summed E-state index contributed by atoms with van der Waals surface area (Å²) in [5, 5.41) is 20.5. The molecule has 0 saturated carbocycles. The van der Waals surface area contributed by atoms with Crippen LogP contribution in [-0.2, 0) is 0 Å². The quantitative estimate of drug-likeness (QED) is 0.588. The molecule has 3 atom stereocenters. The highest BCUT2D eigenvalue weighted by Gasteiger charge is 2.52. The summed E-state index contributed by atoms with van der Waals surface area (Å²) in [5.74, 6) is 1.11. The fourth-order valence-corrected chi connectivity index (χ4v) is 4.71. The van der Waals surface area contributed by atoms with Gasteiger partial charge in [-0.3, -0.25) is 4.99 Å². The monoisotopic (exact) mass is 441 g/mol. The van der Waals surface area contributed by atoms with Gasteiger partial charge in [0.15, 0.2) is 0 Å². The number of nitrogens with zero attached hydrogens (tertiary/aromatic N) is 3. The summed E-state index contributed by atoms with van der Waals surface area (Å²) < 4.78 is 6.61. The number of benzene rings is 3. The third-order valence-corrected chi connectivity index (χ3v) is 6.51. The first-order chi connectivity index (χ1) is 16.1. The van der Waals surface area contributed by atoms with Crippen LogP contribution in [0.2, 0.25) is 0 Å². The fraction of sp³-hybridized carbons (Fsp3) is 0.259. The van der Waals surface area contributed by atoms with Crippen LogP contribution in [0.1, 0.15) is 29.2 Å². The minimum Gasteiger partial charge on any atom is -0.507 e. The Balaban J connectivity index is 1.59. The van der Waals surface area contributed by atoms with Gasteiger partial charge >= 0.3 is 0 Å². The van der Waals surface area contributed by atoms with E-state index in [2.05, 4.69) is 11.9 Å². The number of phenolic OH excluding ortho intramolecular Hbond substituents is 2. The molecule has 0 aromatic heterocycles. The van der Waals surface area contributed by atoms with Crippen molar-refractivity contribution in [1.29, 1.82) is 0 Å². The maximum Gasteiger partial charge on any atom is 0.207 e. The largest absolute Gasteiger partial charge is 0.507 e. The number of phenols is 2. The molecule has 2 aliphatic rings. The zero-order valence-corrected chi connectivity index (χ0v) is 18.5. The van der Waals surface area contributed by atoms with Crippen molar-refractivity contribution in [1.82, 2.24) is 4.90 Å². The molecule has 0 spiro atoms. The second kappa shape index (κ2) is 8.71. The van der Waals surface area contributed by atoms with Crippen LogP contribution in [0.25, 0.3) is 0 Å². The fourth-order valence-electron chi connectivity index (χ4n) is 4.71. The normalized spacial score (nSPS) is 25.0. The van der Waals surface area contributed by atoms with Gasteiger partial charge in [0.25, 0.3) is 0 Å². The van der Waals surface area contributed by atoms with Gasteiger partial charge < -0.3 is 19.8 Å². The van der Waals surface area contributed by atoms with Gasteiger partial charge in [-0.1, -0.05) is 42.5 Å². The van der Waals surface area contributed by atoms with E-state index in [4.69, 9.17) is 14.7 Å². The summed E-state index contributed by atoms with van der Waals surface area (Å²) in [6, 6.07) is 22.1. The van der Waals surface area contributed by atoms with Crippen molar-refractivity contribution in [2.75, 3.05) is 20.1 Å². The molecule has 6 nitrogen and oxygen atoms in total. The van der Waals surface area contributed by atoms with Gasteiger partial charge in [-0.15, -0.1) is 0 Å². The number of fused-ring (bicyclic) bond motifs is 2. The Hall–Kier alpha value is -3.64. The van der Waals surface area contributed by atoms with E-state index in [1.54, 1.807) is 36.7 Å². The van der Waals surface area contributed by atoms with Crippen LogP contribution in [0.3, 0.4) is 0 Å². The van der Waals surface area contributed by atoms with Gasteiger partial charge in [0.05, 0.1) is 12.0 Å². The molecule has 2 N–H and O–H groups in total. The predicted octanol–water partition coefficient (Wildman–Crippen LogP) is 4.42. The van der Waals surface area contributed by atoms with E-state index in [1.807, 2.05) is 48.5 Å². The van der Waals surface area contributed by atoms with Crippen LogP contribution < -0.4 is 4.74 Å². The van der Waals surface area contributed by atoms with E-state index in [-0.39, 0.29) is 23.5 Å². The molecule has 1 saturated heterocycles. The Kier molecular flexibility index (Phi) is 5.60. The molecular weight excluding hydrogens is 414 g/mol. The summed E-state index contributed by atoms with van der Waals surface area (Å²) in [4.78, 5) is 12.2. The SMILES string of the molecule is CN1CCC2(/N=C/c3ccccc3O)Oc3ccccc3C(N=Cc3ccccc3O)C2C1. The first-order valence-electron chi connectivity index (χ1n) is 11.2. The summed E-state index contributed by atoms with van der Waals surface area (Å²) in [6.45, 7) is 1.60. The highest BCUT2D eigenvalue weighted by molar-refractivity contribution is 5.84. The maximum atomic E-state index is 10.2. The molecule has 33 heavy (non-hydrogen) atoms. The highest BCUT2D eigenvalue weighted by Crippen LogP contribution is 2.49. The van der Waals surface area contributed by atoms with Crippen molar-refractivity contribution in [2.45, 2.75) is 18.2 Å². The number of hydrogen-bond acceptors (Lipinski definition) is 6. The second-order valence-electron chi connectivity index (χ2n) is 8.70. The third kappa shape index (κ3) is 4.10. The summed E-state index contributed by atoms with van der Waals surface area (Å²) in [6.07, 6.45) is 4.16. The lowest BCUT2D eigenvalue weighted by atomic mass is 9.77. The number of aromatic hydroxyl groups is 2. The van der Waals surface area contributed by atoms with Gasteiger partial charge in [0, 0.05) is 48.6 Å². The van der Waals surface area contributed by atoms with Crippen LogP contribution in [0.5, 0.6) is 17.2 Å². The average molecular weight is 442 g/mol. The maximum absolute atomic E-state index is 10.2. The zero-order valence-electron chi connectivity index (χ0n) is 18.5. The van der Waals surface area contributed by atoms with Crippen molar-refractivity contribution in [3.05, 3.63) is 89.5 Å². The van der Waals surface area contributed by atoms with Gasteiger partial charge in [-0.05, 0) is 37.4 Å². The zero-order chi connectivity index (χ0) is 22.8. The van der Waals surface area contributed by atoms with Gasteiger partial charge in [0.2, 0.25) is 5.72 Å². The highest BCUT2D eigenvalue weighted by atomic mass is 16.5. The van der Waals surface area contributed by atoms with Crippen LogP contribution in [0.15, 0.2) is 82.8 Å². The lowest BCUT2D eigenvalue weighted by molar-refractivity contribution is -0.0624. The van der Waals surface area contributed by atoms with E-state index in [0.717, 1.165) is 24.4 Å². The van der Waals surface area contributed by atoms with Crippen molar-refractivity contribution in [2.24, 2.45) is 15.9 Å². The minimum absolute atomic E-state index is 0.0460. The van der Waals surface area contributed by atoms with Crippen molar-refractivity contribution in [3.63, 3.8) is 0 Å². The Morgan fingerprint density at radius 3 is 2.27 bits per heavy atom. The Morgan fingerprint density at radius 2 is 1.55 bits per heavy atom. The Bertz CT molecular complexity index is 1210. The van der Waals surface area contributed by atoms with E-state index in [1.165, 1.54) is 0 Å². The molecular formula is C27H27N3O3. The smallest absolute Gasteiger partial charge is 0.207 e. The number of likely N-dealkylation sites (tertiary alicyclic amines) is 1. The molecule has 6 heteroatoms. The Morgan fingerprint density at radius 1 is 0.909 bits per heavy atom. The lowest BCUT2D eigenvalue weighted by Crippen LogP contribution is -2.57. The van der Waals surface area contributed by atoms with E-state index < -0.39 is 5.72 Å². The molecule has 2 heterocycles. The molecule has 0 aliphatic carbocycles. The number of para-hydroxylation sites is 3. The van der Waals surface area contributed by atoms with E-state index in [9.17, 15) is 10.2 Å². The molecule has 1 fully saturated rings. The number of ether oxygens (including phenoxy) is 1. The van der Waals surface area contributed by atoms with Crippen molar-refractivity contribution >= 4 is 12.4 Å².